The molecular formula is C14H20BrN3O2. The molecule has 1 fully saturated rings. The highest BCUT2D eigenvalue weighted by Gasteiger charge is 2.22. The molecular weight excluding hydrogens is 322 g/mol. The fraction of sp³-hybridized carbons (Fsp3) is 0.500. The number of oxime groups is 1. The zero-order valence-corrected chi connectivity index (χ0v) is 13.1. The molecule has 1 aliphatic rings. The van der Waals surface area contributed by atoms with Crippen LogP contribution in [-0.2, 0) is 4.74 Å². The van der Waals surface area contributed by atoms with E-state index in [1.807, 2.05) is 18.2 Å². The molecule has 1 aromatic carbocycles. The number of anilines is 1. The van der Waals surface area contributed by atoms with Crippen LogP contribution in [0.1, 0.15) is 18.4 Å². The van der Waals surface area contributed by atoms with Gasteiger partial charge in [-0.1, -0.05) is 21.1 Å². The molecule has 3 N–H and O–H groups in total. The van der Waals surface area contributed by atoms with Gasteiger partial charge in [-0.25, -0.2) is 0 Å². The number of benzene rings is 1. The molecule has 20 heavy (non-hydrogen) atoms. The van der Waals surface area contributed by atoms with Gasteiger partial charge in [0.15, 0.2) is 5.84 Å². The summed E-state index contributed by atoms with van der Waals surface area (Å²) in [5.74, 6) is 0.763. The summed E-state index contributed by atoms with van der Waals surface area (Å²) >= 11 is 3.42. The predicted molar refractivity (Wildman–Crippen MR) is 83.5 cm³/mol. The lowest BCUT2D eigenvalue weighted by Gasteiger charge is -2.34. The Labute approximate surface area is 127 Å². The molecule has 0 amide bonds. The van der Waals surface area contributed by atoms with Crippen molar-refractivity contribution in [2.45, 2.75) is 12.8 Å². The van der Waals surface area contributed by atoms with Crippen LogP contribution >= 0.6 is 15.9 Å². The van der Waals surface area contributed by atoms with Crippen molar-refractivity contribution < 1.29 is 9.94 Å². The minimum absolute atomic E-state index is 0.139. The van der Waals surface area contributed by atoms with E-state index < -0.39 is 0 Å². The molecule has 1 saturated heterocycles. The van der Waals surface area contributed by atoms with Gasteiger partial charge in [-0.2, -0.15) is 0 Å². The Morgan fingerprint density at radius 1 is 1.50 bits per heavy atom. The summed E-state index contributed by atoms with van der Waals surface area (Å²) in [6, 6.07) is 5.87. The number of halogens is 1. The first-order valence-corrected chi connectivity index (χ1v) is 7.46. The number of nitrogens with zero attached hydrogens (tertiary/aromatic N) is 2. The molecule has 6 heteroatoms. The van der Waals surface area contributed by atoms with Gasteiger partial charge in [0.2, 0.25) is 0 Å². The van der Waals surface area contributed by atoms with E-state index in [0.29, 0.717) is 5.92 Å². The van der Waals surface area contributed by atoms with Crippen molar-refractivity contribution in [2.75, 3.05) is 31.7 Å². The number of methoxy groups -OCH3 is 1. The minimum atomic E-state index is 0.139. The summed E-state index contributed by atoms with van der Waals surface area (Å²) in [6.07, 6.45) is 2.19. The van der Waals surface area contributed by atoms with Crippen LogP contribution in [0.3, 0.4) is 0 Å². The summed E-state index contributed by atoms with van der Waals surface area (Å²) < 4.78 is 6.13. The Bertz CT molecular complexity index is 485. The van der Waals surface area contributed by atoms with Gasteiger partial charge in [0.1, 0.15) is 0 Å². The summed E-state index contributed by atoms with van der Waals surface area (Å²) in [5, 5.41) is 12.1. The van der Waals surface area contributed by atoms with Gasteiger partial charge in [-0.15, -0.1) is 0 Å². The lowest BCUT2D eigenvalue weighted by Crippen LogP contribution is -2.36. The van der Waals surface area contributed by atoms with Gasteiger partial charge in [0, 0.05) is 42.5 Å². The molecule has 0 bridgehead atoms. The van der Waals surface area contributed by atoms with E-state index in [1.165, 1.54) is 0 Å². The highest BCUT2D eigenvalue weighted by Crippen LogP contribution is 2.28. The Morgan fingerprint density at radius 3 is 2.80 bits per heavy atom. The Morgan fingerprint density at radius 2 is 2.20 bits per heavy atom. The average molecular weight is 342 g/mol. The van der Waals surface area contributed by atoms with Crippen molar-refractivity contribution in [1.82, 2.24) is 0 Å². The zero-order valence-electron chi connectivity index (χ0n) is 11.6. The monoisotopic (exact) mass is 341 g/mol. The molecule has 5 nitrogen and oxygen atoms in total. The first-order chi connectivity index (χ1) is 9.65. The quantitative estimate of drug-likeness (QED) is 0.382. The van der Waals surface area contributed by atoms with E-state index >= 15 is 0 Å². The van der Waals surface area contributed by atoms with Crippen molar-refractivity contribution in [3.8, 4) is 0 Å². The van der Waals surface area contributed by atoms with Gasteiger partial charge >= 0.3 is 0 Å². The number of ether oxygens (including phenoxy) is 1. The lowest BCUT2D eigenvalue weighted by molar-refractivity contribution is 0.139. The fourth-order valence-electron chi connectivity index (χ4n) is 2.62. The second-order valence-electron chi connectivity index (χ2n) is 5.03. The van der Waals surface area contributed by atoms with Crippen molar-refractivity contribution in [3.63, 3.8) is 0 Å². The number of amidine groups is 1. The standard InChI is InChI=1S/C14H20BrN3O2/c1-20-9-10-4-6-18(7-5-10)13-3-2-11(15)8-12(13)14(16)17-19/h2-3,8,10,19H,4-7,9H2,1H3,(H2,16,17). The van der Waals surface area contributed by atoms with Crippen molar-refractivity contribution in [3.05, 3.63) is 28.2 Å². The van der Waals surface area contributed by atoms with Crippen LogP contribution < -0.4 is 10.6 Å². The summed E-state index contributed by atoms with van der Waals surface area (Å²) in [5.41, 5.74) is 7.55. The first-order valence-electron chi connectivity index (χ1n) is 6.67. The van der Waals surface area contributed by atoms with Gasteiger partial charge in [-0.3, -0.25) is 0 Å². The number of hydrogen-bond acceptors (Lipinski definition) is 4. The lowest BCUT2D eigenvalue weighted by atomic mass is 9.96. The molecule has 110 valence electrons. The number of rotatable bonds is 4. The van der Waals surface area contributed by atoms with Crippen LogP contribution in [-0.4, -0.2) is 37.8 Å². The van der Waals surface area contributed by atoms with E-state index in [9.17, 15) is 0 Å². The maximum Gasteiger partial charge on any atom is 0.172 e. The molecule has 1 heterocycles. The molecule has 2 rings (SSSR count). The summed E-state index contributed by atoms with van der Waals surface area (Å²) in [4.78, 5) is 2.28. The van der Waals surface area contributed by atoms with Crippen molar-refractivity contribution >= 4 is 27.5 Å². The van der Waals surface area contributed by atoms with Gasteiger partial charge in [0.05, 0.1) is 0 Å². The molecule has 0 atom stereocenters. The van der Waals surface area contributed by atoms with E-state index in [-0.39, 0.29) is 5.84 Å². The highest BCUT2D eigenvalue weighted by atomic mass is 79.9. The zero-order chi connectivity index (χ0) is 14.5. The number of nitrogens with two attached hydrogens (primary N) is 1. The van der Waals surface area contributed by atoms with Crippen LogP contribution in [0.4, 0.5) is 5.69 Å². The Kier molecular flexibility index (Phi) is 5.25. The van der Waals surface area contributed by atoms with E-state index in [1.54, 1.807) is 7.11 Å². The van der Waals surface area contributed by atoms with E-state index in [2.05, 4.69) is 26.0 Å². The average Bonchev–Trinajstić information content (AvgIpc) is 2.47. The van der Waals surface area contributed by atoms with E-state index in [0.717, 1.165) is 48.3 Å². The van der Waals surface area contributed by atoms with E-state index in [4.69, 9.17) is 15.7 Å². The third kappa shape index (κ3) is 3.43. The van der Waals surface area contributed by atoms with Crippen molar-refractivity contribution in [1.29, 1.82) is 0 Å². The fourth-order valence-corrected chi connectivity index (χ4v) is 2.98. The number of hydrogen-bond donors (Lipinski definition) is 2. The van der Waals surface area contributed by atoms with Crippen LogP contribution in [0.15, 0.2) is 27.8 Å². The maximum absolute atomic E-state index is 8.93. The maximum atomic E-state index is 8.93. The highest BCUT2D eigenvalue weighted by molar-refractivity contribution is 9.10. The van der Waals surface area contributed by atoms with Gasteiger partial charge < -0.3 is 20.6 Å². The van der Waals surface area contributed by atoms with Gasteiger partial charge in [0.25, 0.3) is 0 Å². The van der Waals surface area contributed by atoms with Crippen LogP contribution in [0.2, 0.25) is 0 Å². The largest absolute Gasteiger partial charge is 0.409 e. The molecule has 1 aliphatic heterocycles. The third-order valence-corrected chi connectivity index (χ3v) is 4.19. The molecule has 0 spiro atoms. The smallest absolute Gasteiger partial charge is 0.172 e. The van der Waals surface area contributed by atoms with Crippen LogP contribution in [0.25, 0.3) is 0 Å². The van der Waals surface area contributed by atoms with Gasteiger partial charge in [-0.05, 0) is 37.0 Å². The third-order valence-electron chi connectivity index (χ3n) is 3.70. The van der Waals surface area contributed by atoms with Crippen molar-refractivity contribution in [2.24, 2.45) is 16.8 Å². The summed E-state index contributed by atoms with van der Waals surface area (Å²) in [6.45, 7) is 2.74. The summed E-state index contributed by atoms with van der Waals surface area (Å²) in [7, 11) is 1.75. The SMILES string of the molecule is COCC1CCN(c2ccc(Br)cc2/C(N)=N/O)CC1. The molecule has 1 aromatic rings. The molecule has 0 aliphatic carbocycles. The van der Waals surface area contributed by atoms with Crippen LogP contribution in [0, 0.1) is 5.92 Å². The first kappa shape index (κ1) is 15.1. The second kappa shape index (κ2) is 6.95. The second-order valence-corrected chi connectivity index (χ2v) is 5.95. The normalized spacial score (nSPS) is 17.5. The Hall–Kier alpha value is -1.27. The predicted octanol–water partition coefficient (Wildman–Crippen LogP) is 2.41. The minimum Gasteiger partial charge on any atom is -0.409 e. The van der Waals surface area contributed by atoms with Crippen LogP contribution in [0.5, 0.6) is 0 Å². The number of piperidine rings is 1. The molecule has 0 unspecified atom stereocenters. The molecule has 0 radical (unpaired) electrons. The molecule has 0 aromatic heterocycles. The molecule has 0 saturated carbocycles. The topological polar surface area (TPSA) is 71.1 Å². The Balaban J connectivity index is 2.17.